The summed E-state index contributed by atoms with van der Waals surface area (Å²) in [7, 11) is -3.49. The minimum Gasteiger partial charge on any atom is -0.367 e. The van der Waals surface area contributed by atoms with E-state index in [1.165, 1.54) is 4.31 Å². The van der Waals surface area contributed by atoms with Crippen LogP contribution in [0.3, 0.4) is 0 Å². The minimum absolute atomic E-state index is 0.129. The molecule has 0 aliphatic carbocycles. The van der Waals surface area contributed by atoms with E-state index in [0.29, 0.717) is 44.3 Å². The van der Waals surface area contributed by atoms with Gasteiger partial charge in [-0.1, -0.05) is 49.7 Å². The Bertz CT molecular complexity index is 1020. The first-order chi connectivity index (χ1) is 15.3. The Balaban J connectivity index is 1.57. The van der Waals surface area contributed by atoms with Gasteiger partial charge in [-0.2, -0.15) is 4.31 Å². The number of halogens is 1. The predicted molar refractivity (Wildman–Crippen MR) is 129 cm³/mol. The summed E-state index contributed by atoms with van der Waals surface area (Å²) in [6, 6.07) is 14.1. The van der Waals surface area contributed by atoms with Gasteiger partial charge < -0.3 is 15.1 Å². The molecule has 1 N–H and O–H groups in total. The average Bonchev–Trinajstić information content (AvgIpc) is 2.80. The third-order valence-corrected chi connectivity index (χ3v) is 8.21. The molecule has 2 amide bonds. The number of nitrogens with zero attached hydrogens (tertiary/aromatic N) is 3. The molecule has 2 aromatic rings. The van der Waals surface area contributed by atoms with Gasteiger partial charge in [0.25, 0.3) is 0 Å². The SMILES string of the molecule is CCN(CC)S(=O)(=O)c1ccc(C(C)NC(=O)N2CCN(c3ccccc3Cl)CC2)cc1. The first kappa shape index (κ1) is 24.4. The topological polar surface area (TPSA) is 73.0 Å². The number of para-hydroxylation sites is 1. The molecular formula is C23H31ClN4O3S. The average molecular weight is 479 g/mol. The number of sulfonamides is 1. The van der Waals surface area contributed by atoms with Gasteiger partial charge in [-0.15, -0.1) is 0 Å². The number of urea groups is 1. The van der Waals surface area contributed by atoms with Gasteiger partial charge in [-0.05, 0) is 36.8 Å². The summed E-state index contributed by atoms with van der Waals surface area (Å²) >= 11 is 6.29. The van der Waals surface area contributed by atoms with Gasteiger partial charge in [0.1, 0.15) is 0 Å². The molecule has 1 aliphatic heterocycles. The maximum absolute atomic E-state index is 12.8. The van der Waals surface area contributed by atoms with E-state index in [0.717, 1.165) is 11.3 Å². The second kappa shape index (κ2) is 10.6. The summed E-state index contributed by atoms with van der Waals surface area (Å²) in [5.41, 5.74) is 1.84. The van der Waals surface area contributed by atoms with Crippen LogP contribution in [0.25, 0.3) is 0 Å². The van der Waals surface area contributed by atoms with Crippen LogP contribution >= 0.6 is 11.6 Å². The van der Waals surface area contributed by atoms with Gasteiger partial charge in [0.05, 0.1) is 21.6 Å². The fourth-order valence-corrected chi connectivity index (χ4v) is 5.57. The Morgan fingerprint density at radius 1 is 1.03 bits per heavy atom. The van der Waals surface area contributed by atoms with Crippen molar-refractivity contribution < 1.29 is 13.2 Å². The molecule has 0 radical (unpaired) electrons. The molecule has 0 spiro atoms. The number of carbonyl (C=O) groups is 1. The predicted octanol–water partition coefficient (Wildman–Crippen LogP) is 3.96. The minimum atomic E-state index is -3.49. The molecule has 3 rings (SSSR count). The molecule has 1 heterocycles. The van der Waals surface area contributed by atoms with Gasteiger partial charge in [0.15, 0.2) is 0 Å². The molecule has 1 atom stereocenters. The molecule has 0 saturated carbocycles. The number of hydrogen-bond donors (Lipinski definition) is 1. The van der Waals surface area contributed by atoms with Crippen molar-refractivity contribution in [2.75, 3.05) is 44.2 Å². The van der Waals surface area contributed by atoms with Crippen LogP contribution in [0.2, 0.25) is 5.02 Å². The lowest BCUT2D eigenvalue weighted by molar-refractivity contribution is 0.191. The Labute approximate surface area is 196 Å². The first-order valence-electron chi connectivity index (χ1n) is 10.9. The smallest absolute Gasteiger partial charge is 0.317 e. The van der Waals surface area contributed by atoms with Gasteiger partial charge >= 0.3 is 6.03 Å². The first-order valence-corrected chi connectivity index (χ1v) is 12.7. The fraction of sp³-hybridized carbons (Fsp3) is 0.435. The standard InChI is InChI=1S/C23H31ClN4O3S/c1-4-28(5-2)32(30,31)20-12-10-19(11-13-20)18(3)25-23(29)27-16-14-26(15-17-27)22-9-7-6-8-21(22)24/h6-13,18H,4-5,14-17H2,1-3H3,(H,25,29). The summed E-state index contributed by atoms with van der Waals surface area (Å²) in [6.45, 7) is 9.02. The third-order valence-electron chi connectivity index (χ3n) is 5.82. The molecule has 0 aromatic heterocycles. The fourth-order valence-electron chi connectivity index (χ4n) is 3.86. The van der Waals surface area contributed by atoms with Crippen LogP contribution in [0, 0.1) is 0 Å². The summed E-state index contributed by atoms with van der Waals surface area (Å²) in [5, 5.41) is 3.73. The summed E-state index contributed by atoms with van der Waals surface area (Å²) in [6.07, 6.45) is 0. The second-order valence-corrected chi connectivity index (χ2v) is 10.1. The van der Waals surface area contributed by atoms with Crippen LogP contribution in [0.4, 0.5) is 10.5 Å². The molecule has 9 heteroatoms. The number of carbonyl (C=O) groups excluding carboxylic acids is 1. The van der Waals surface area contributed by atoms with Gasteiger partial charge in [0.2, 0.25) is 10.0 Å². The number of anilines is 1. The van der Waals surface area contributed by atoms with E-state index >= 15 is 0 Å². The van der Waals surface area contributed by atoms with E-state index < -0.39 is 10.0 Å². The quantitative estimate of drug-likeness (QED) is 0.653. The van der Waals surface area contributed by atoms with E-state index in [9.17, 15) is 13.2 Å². The highest BCUT2D eigenvalue weighted by Gasteiger charge is 2.24. The van der Waals surface area contributed by atoms with Crippen molar-refractivity contribution in [2.45, 2.75) is 31.7 Å². The molecule has 1 aliphatic rings. The Kier molecular flexibility index (Phi) is 8.03. The summed E-state index contributed by atoms with van der Waals surface area (Å²) < 4.78 is 26.7. The van der Waals surface area contributed by atoms with Gasteiger partial charge in [-0.25, -0.2) is 13.2 Å². The van der Waals surface area contributed by atoms with Crippen molar-refractivity contribution in [1.82, 2.24) is 14.5 Å². The van der Waals surface area contributed by atoms with Crippen molar-refractivity contribution in [3.05, 3.63) is 59.1 Å². The molecule has 7 nitrogen and oxygen atoms in total. The second-order valence-electron chi connectivity index (χ2n) is 7.76. The Morgan fingerprint density at radius 2 is 1.62 bits per heavy atom. The maximum Gasteiger partial charge on any atom is 0.317 e. The van der Waals surface area contributed by atoms with Crippen LogP contribution < -0.4 is 10.2 Å². The number of rotatable bonds is 7. The van der Waals surface area contributed by atoms with Crippen LogP contribution in [0.15, 0.2) is 53.4 Å². The number of nitrogens with one attached hydrogen (secondary N) is 1. The number of hydrogen-bond acceptors (Lipinski definition) is 4. The number of benzene rings is 2. The van der Waals surface area contributed by atoms with E-state index in [4.69, 9.17) is 11.6 Å². The van der Waals surface area contributed by atoms with Crippen molar-refractivity contribution in [2.24, 2.45) is 0 Å². The third kappa shape index (κ3) is 5.36. The highest BCUT2D eigenvalue weighted by molar-refractivity contribution is 7.89. The number of amides is 2. The molecule has 0 bridgehead atoms. The zero-order valence-electron chi connectivity index (χ0n) is 18.8. The van der Waals surface area contributed by atoms with E-state index in [-0.39, 0.29) is 17.0 Å². The van der Waals surface area contributed by atoms with Crippen LogP contribution in [-0.4, -0.2) is 62.9 Å². The molecule has 2 aromatic carbocycles. The zero-order chi connectivity index (χ0) is 23.3. The molecule has 174 valence electrons. The lowest BCUT2D eigenvalue weighted by Crippen LogP contribution is -2.52. The van der Waals surface area contributed by atoms with Crippen LogP contribution in [-0.2, 0) is 10.0 Å². The summed E-state index contributed by atoms with van der Waals surface area (Å²) in [5.74, 6) is 0. The molecule has 32 heavy (non-hydrogen) atoms. The lowest BCUT2D eigenvalue weighted by Gasteiger charge is -2.37. The van der Waals surface area contributed by atoms with E-state index in [1.54, 1.807) is 29.2 Å². The van der Waals surface area contributed by atoms with Crippen molar-refractivity contribution in [3.8, 4) is 0 Å². The largest absolute Gasteiger partial charge is 0.367 e. The van der Waals surface area contributed by atoms with Crippen LogP contribution in [0.1, 0.15) is 32.4 Å². The van der Waals surface area contributed by atoms with Crippen molar-refractivity contribution in [1.29, 1.82) is 0 Å². The molecule has 1 unspecified atom stereocenters. The lowest BCUT2D eigenvalue weighted by atomic mass is 10.1. The number of piperazine rings is 1. The highest BCUT2D eigenvalue weighted by Crippen LogP contribution is 2.26. The zero-order valence-corrected chi connectivity index (χ0v) is 20.4. The highest BCUT2D eigenvalue weighted by atomic mass is 35.5. The molecule has 1 fully saturated rings. The van der Waals surface area contributed by atoms with Gasteiger partial charge in [0, 0.05) is 39.3 Å². The van der Waals surface area contributed by atoms with E-state index in [1.807, 2.05) is 45.0 Å². The molecule has 1 saturated heterocycles. The van der Waals surface area contributed by atoms with E-state index in [2.05, 4.69) is 10.2 Å². The normalized spacial score (nSPS) is 15.7. The van der Waals surface area contributed by atoms with Crippen molar-refractivity contribution >= 4 is 33.3 Å². The monoisotopic (exact) mass is 478 g/mol. The van der Waals surface area contributed by atoms with Gasteiger partial charge in [-0.3, -0.25) is 0 Å². The van der Waals surface area contributed by atoms with Crippen LogP contribution in [0.5, 0.6) is 0 Å². The maximum atomic E-state index is 12.8. The Morgan fingerprint density at radius 3 is 2.19 bits per heavy atom. The molecular weight excluding hydrogens is 448 g/mol. The van der Waals surface area contributed by atoms with Crippen molar-refractivity contribution in [3.63, 3.8) is 0 Å². The Hall–Kier alpha value is -2.29. The summed E-state index contributed by atoms with van der Waals surface area (Å²) in [4.78, 5) is 17.0.